The number of carbonyl (C=O) groups excluding carboxylic acids is 2. The third-order valence-electron chi connectivity index (χ3n) is 5.00. The molecule has 1 unspecified atom stereocenters. The second kappa shape index (κ2) is 5.78. The van der Waals surface area contributed by atoms with Gasteiger partial charge in [-0.05, 0) is 43.5 Å². The molecule has 6 nitrogen and oxygen atoms in total. The van der Waals surface area contributed by atoms with Crippen molar-refractivity contribution in [2.45, 2.75) is 31.8 Å². The molecule has 3 heterocycles. The van der Waals surface area contributed by atoms with Crippen LogP contribution in [-0.2, 0) is 0 Å². The number of nitrogens with zero attached hydrogens (tertiary/aromatic N) is 4. The molecular formula is C18H20N4O2. The molecule has 0 spiro atoms. The predicted molar refractivity (Wildman–Crippen MR) is 90.1 cm³/mol. The molecule has 4 rings (SSSR count). The highest BCUT2D eigenvalue weighted by atomic mass is 16.2. The van der Waals surface area contributed by atoms with Gasteiger partial charge < -0.3 is 9.80 Å². The first-order valence-corrected chi connectivity index (χ1v) is 8.39. The van der Waals surface area contributed by atoms with E-state index in [1.165, 1.54) is 4.68 Å². The first-order chi connectivity index (χ1) is 11.7. The van der Waals surface area contributed by atoms with Crippen molar-refractivity contribution in [2.24, 2.45) is 0 Å². The lowest BCUT2D eigenvalue weighted by atomic mass is 10.0. The number of carbonyl (C=O) groups is 2. The zero-order valence-electron chi connectivity index (χ0n) is 13.7. The fraction of sp³-hybridized carbons (Fsp3) is 0.389. The van der Waals surface area contributed by atoms with E-state index in [4.69, 9.17) is 0 Å². The Morgan fingerprint density at radius 3 is 2.92 bits per heavy atom. The Balaban J connectivity index is 1.74. The standard InChI is InChI=1S/C18H20N4O2/c1-20-15-12-13(17(23)22-11-5-9-19-22)7-8-14(15)18(24)21-10-4-2-3-6-16(20)21/h5,7-9,11-12,16H,2-4,6,10H2,1H3. The van der Waals surface area contributed by atoms with Gasteiger partial charge in [-0.15, -0.1) is 0 Å². The molecule has 6 heteroatoms. The van der Waals surface area contributed by atoms with E-state index >= 15 is 0 Å². The molecule has 2 aromatic rings. The zero-order chi connectivity index (χ0) is 16.7. The van der Waals surface area contributed by atoms with Crippen molar-refractivity contribution in [2.75, 3.05) is 18.5 Å². The summed E-state index contributed by atoms with van der Waals surface area (Å²) in [4.78, 5) is 29.5. The van der Waals surface area contributed by atoms with E-state index in [-0.39, 0.29) is 18.0 Å². The maximum absolute atomic E-state index is 12.9. The summed E-state index contributed by atoms with van der Waals surface area (Å²) in [6, 6.07) is 7.02. The van der Waals surface area contributed by atoms with Crippen molar-refractivity contribution >= 4 is 17.5 Å². The van der Waals surface area contributed by atoms with Crippen LogP contribution in [0.3, 0.4) is 0 Å². The van der Waals surface area contributed by atoms with Crippen molar-refractivity contribution in [3.05, 3.63) is 47.8 Å². The molecule has 1 aromatic heterocycles. The van der Waals surface area contributed by atoms with Gasteiger partial charge in [-0.1, -0.05) is 6.42 Å². The van der Waals surface area contributed by atoms with Gasteiger partial charge in [-0.2, -0.15) is 5.10 Å². The summed E-state index contributed by atoms with van der Waals surface area (Å²) in [5.41, 5.74) is 2.05. The number of hydrogen-bond acceptors (Lipinski definition) is 4. The summed E-state index contributed by atoms with van der Waals surface area (Å²) >= 11 is 0. The lowest BCUT2D eigenvalue weighted by Crippen LogP contribution is -2.53. The third kappa shape index (κ3) is 2.29. The molecule has 0 bridgehead atoms. The van der Waals surface area contributed by atoms with Gasteiger partial charge in [0, 0.05) is 31.5 Å². The Bertz CT molecular complexity index is 784. The smallest absolute Gasteiger partial charge is 0.278 e. The number of fused-ring (bicyclic) bond motifs is 2. The van der Waals surface area contributed by atoms with E-state index < -0.39 is 0 Å². The Morgan fingerprint density at radius 1 is 1.25 bits per heavy atom. The SMILES string of the molecule is CN1c2cc(C(=O)n3cccn3)ccc2C(=O)N2CCCCCC21. The number of aromatic nitrogens is 2. The highest BCUT2D eigenvalue weighted by Crippen LogP contribution is 2.34. The number of amides is 1. The Labute approximate surface area is 140 Å². The topological polar surface area (TPSA) is 58.4 Å². The lowest BCUT2D eigenvalue weighted by molar-refractivity contribution is 0.0661. The van der Waals surface area contributed by atoms with Crippen LogP contribution in [0, 0.1) is 0 Å². The second-order valence-electron chi connectivity index (χ2n) is 6.43. The maximum atomic E-state index is 12.9. The Hall–Kier alpha value is -2.63. The maximum Gasteiger partial charge on any atom is 0.278 e. The van der Waals surface area contributed by atoms with E-state index in [1.807, 2.05) is 18.0 Å². The van der Waals surface area contributed by atoms with Gasteiger partial charge in [0.25, 0.3) is 11.8 Å². The molecule has 2 aliphatic rings. The zero-order valence-corrected chi connectivity index (χ0v) is 13.7. The summed E-state index contributed by atoms with van der Waals surface area (Å²) in [5, 5.41) is 3.99. The number of anilines is 1. The van der Waals surface area contributed by atoms with Gasteiger partial charge in [0.05, 0.1) is 11.3 Å². The van der Waals surface area contributed by atoms with Gasteiger partial charge in [-0.25, -0.2) is 4.68 Å². The molecule has 1 aromatic carbocycles. The van der Waals surface area contributed by atoms with E-state index in [0.717, 1.165) is 37.9 Å². The van der Waals surface area contributed by atoms with Crippen LogP contribution in [0.25, 0.3) is 0 Å². The van der Waals surface area contributed by atoms with E-state index in [2.05, 4.69) is 10.00 Å². The third-order valence-corrected chi connectivity index (χ3v) is 5.00. The average molecular weight is 324 g/mol. The van der Waals surface area contributed by atoms with Crippen LogP contribution < -0.4 is 4.90 Å². The number of rotatable bonds is 1. The molecule has 1 fully saturated rings. The van der Waals surface area contributed by atoms with Crippen molar-refractivity contribution in [3.8, 4) is 0 Å². The fourth-order valence-electron chi connectivity index (χ4n) is 3.70. The van der Waals surface area contributed by atoms with E-state index in [9.17, 15) is 9.59 Å². The minimum atomic E-state index is -0.188. The Kier molecular flexibility index (Phi) is 3.59. The van der Waals surface area contributed by atoms with Crippen LogP contribution in [0.5, 0.6) is 0 Å². The second-order valence-corrected chi connectivity index (χ2v) is 6.43. The van der Waals surface area contributed by atoms with Gasteiger partial charge in [0.15, 0.2) is 0 Å². The lowest BCUT2D eigenvalue weighted by Gasteiger charge is -2.43. The highest BCUT2D eigenvalue weighted by Gasteiger charge is 2.36. The minimum absolute atomic E-state index is 0.0769. The molecule has 0 radical (unpaired) electrons. The molecule has 1 amide bonds. The quantitative estimate of drug-likeness (QED) is 0.808. The fourth-order valence-corrected chi connectivity index (χ4v) is 3.70. The van der Waals surface area contributed by atoms with E-state index in [0.29, 0.717) is 11.1 Å². The van der Waals surface area contributed by atoms with Crippen molar-refractivity contribution < 1.29 is 9.59 Å². The highest BCUT2D eigenvalue weighted by molar-refractivity contribution is 6.04. The van der Waals surface area contributed by atoms with Crippen LogP contribution in [0.1, 0.15) is 46.4 Å². The number of benzene rings is 1. The molecule has 0 aliphatic carbocycles. The normalized spacial score (nSPS) is 20.4. The summed E-state index contributed by atoms with van der Waals surface area (Å²) < 4.78 is 1.31. The summed E-state index contributed by atoms with van der Waals surface area (Å²) in [6.07, 6.45) is 7.61. The van der Waals surface area contributed by atoms with E-state index in [1.54, 1.807) is 30.6 Å². The van der Waals surface area contributed by atoms with Crippen molar-refractivity contribution in [1.82, 2.24) is 14.7 Å². The van der Waals surface area contributed by atoms with Crippen LogP contribution in [0.2, 0.25) is 0 Å². The first-order valence-electron chi connectivity index (χ1n) is 8.39. The van der Waals surface area contributed by atoms with Crippen LogP contribution in [0.4, 0.5) is 5.69 Å². The van der Waals surface area contributed by atoms with Crippen molar-refractivity contribution in [1.29, 1.82) is 0 Å². The van der Waals surface area contributed by atoms with Gasteiger partial charge in [0.1, 0.15) is 6.17 Å². The van der Waals surface area contributed by atoms with Crippen LogP contribution in [0.15, 0.2) is 36.7 Å². The van der Waals surface area contributed by atoms with Crippen LogP contribution >= 0.6 is 0 Å². The largest absolute Gasteiger partial charge is 0.354 e. The average Bonchev–Trinajstić information content (AvgIpc) is 3.03. The summed E-state index contributed by atoms with van der Waals surface area (Å²) in [5.74, 6) is -0.111. The molecular weight excluding hydrogens is 304 g/mol. The van der Waals surface area contributed by atoms with Gasteiger partial charge in [-0.3, -0.25) is 9.59 Å². The molecule has 24 heavy (non-hydrogen) atoms. The van der Waals surface area contributed by atoms with Gasteiger partial charge >= 0.3 is 0 Å². The molecule has 0 N–H and O–H groups in total. The molecule has 0 saturated carbocycles. The van der Waals surface area contributed by atoms with Crippen LogP contribution in [-0.4, -0.2) is 46.3 Å². The molecule has 1 saturated heterocycles. The van der Waals surface area contributed by atoms with Gasteiger partial charge in [0.2, 0.25) is 0 Å². The summed E-state index contributed by atoms with van der Waals surface area (Å²) in [7, 11) is 2.01. The first kappa shape index (κ1) is 14.9. The molecule has 1 atom stereocenters. The monoisotopic (exact) mass is 324 g/mol. The van der Waals surface area contributed by atoms with Crippen molar-refractivity contribution in [3.63, 3.8) is 0 Å². The summed E-state index contributed by atoms with van der Waals surface area (Å²) in [6.45, 7) is 0.807. The molecule has 2 aliphatic heterocycles. The Morgan fingerprint density at radius 2 is 2.12 bits per heavy atom. The predicted octanol–water partition coefficient (Wildman–Crippen LogP) is 2.36. The minimum Gasteiger partial charge on any atom is -0.354 e. The molecule has 124 valence electrons. The number of hydrogen-bond donors (Lipinski definition) is 0.